The number of aromatic amines is 1. The molecule has 1 aliphatic heterocycles. The van der Waals surface area contributed by atoms with Gasteiger partial charge in [0.2, 0.25) is 0 Å². The first-order valence-corrected chi connectivity index (χ1v) is 7.27. The molecule has 0 spiro atoms. The van der Waals surface area contributed by atoms with Gasteiger partial charge in [-0.05, 0) is 36.0 Å². The van der Waals surface area contributed by atoms with Crippen LogP contribution in [0.4, 0.5) is 0 Å². The van der Waals surface area contributed by atoms with Crippen molar-refractivity contribution in [3.05, 3.63) is 35.5 Å². The Morgan fingerprint density at radius 2 is 2.35 bits per heavy atom. The van der Waals surface area contributed by atoms with Gasteiger partial charge in [0.05, 0.1) is 0 Å². The largest absolute Gasteiger partial charge is 0.396 e. The number of rotatable bonds is 2. The van der Waals surface area contributed by atoms with Crippen molar-refractivity contribution in [3.63, 3.8) is 0 Å². The van der Waals surface area contributed by atoms with Gasteiger partial charge in [0.15, 0.2) is 0 Å². The highest BCUT2D eigenvalue weighted by Gasteiger charge is 2.49. The van der Waals surface area contributed by atoms with E-state index < -0.39 is 0 Å². The van der Waals surface area contributed by atoms with Crippen molar-refractivity contribution < 1.29 is 9.84 Å². The Kier molecular flexibility index (Phi) is 2.67. The minimum absolute atomic E-state index is 0.209. The molecular weight excluding hydrogens is 252 g/mol. The fourth-order valence-electron chi connectivity index (χ4n) is 4.11. The van der Waals surface area contributed by atoms with Gasteiger partial charge in [-0.15, -0.1) is 0 Å². The average Bonchev–Trinajstić information content (AvgIpc) is 2.92. The second-order valence-electron chi connectivity index (χ2n) is 6.05. The van der Waals surface area contributed by atoms with Crippen LogP contribution in [0.1, 0.15) is 17.5 Å². The quantitative estimate of drug-likeness (QED) is 0.777. The Morgan fingerprint density at radius 1 is 1.45 bits per heavy atom. The lowest BCUT2D eigenvalue weighted by atomic mass is 9.69. The molecule has 4 rings (SSSR count). The molecule has 0 amide bonds. The maximum absolute atomic E-state index is 9.54. The third-order valence-electron chi connectivity index (χ3n) is 5.10. The van der Waals surface area contributed by atoms with E-state index in [4.69, 9.17) is 4.74 Å². The molecule has 1 aromatic carbocycles. The zero-order valence-electron chi connectivity index (χ0n) is 11.6. The van der Waals surface area contributed by atoms with E-state index in [1.54, 1.807) is 7.11 Å². The number of ether oxygens (including phenoxy) is 1. The number of benzene rings is 1. The monoisotopic (exact) mass is 272 g/mol. The molecule has 2 aliphatic rings. The molecule has 0 radical (unpaired) electrons. The molecule has 1 saturated heterocycles. The van der Waals surface area contributed by atoms with E-state index in [1.165, 1.54) is 22.0 Å². The Hall–Kier alpha value is -1.36. The zero-order chi connectivity index (χ0) is 13.7. The van der Waals surface area contributed by atoms with Crippen molar-refractivity contribution in [2.24, 2.45) is 5.92 Å². The number of methoxy groups -OCH3 is 1. The van der Waals surface area contributed by atoms with E-state index in [2.05, 4.69) is 34.7 Å². The van der Waals surface area contributed by atoms with E-state index in [9.17, 15) is 5.11 Å². The highest BCUT2D eigenvalue weighted by Crippen LogP contribution is 2.46. The van der Waals surface area contributed by atoms with Crippen LogP contribution in [0, 0.1) is 5.92 Å². The zero-order valence-corrected chi connectivity index (χ0v) is 11.6. The van der Waals surface area contributed by atoms with Crippen LogP contribution in [0.2, 0.25) is 0 Å². The van der Waals surface area contributed by atoms with E-state index in [0.717, 1.165) is 19.4 Å². The van der Waals surface area contributed by atoms with E-state index in [-0.39, 0.29) is 24.2 Å². The van der Waals surface area contributed by atoms with Gasteiger partial charge in [-0.2, -0.15) is 0 Å². The van der Waals surface area contributed by atoms with Crippen LogP contribution in [0.15, 0.2) is 24.4 Å². The van der Waals surface area contributed by atoms with Crippen molar-refractivity contribution in [1.29, 1.82) is 0 Å². The molecule has 0 saturated carbocycles. The van der Waals surface area contributed by atoms with Crippen LogP contribution in [0.5, 0.6) is 0 Å². The summed E-state index contributed by atoms with van der Waals surface area (Å²) in [5.74, 6) is 0.252. The van der Waals surface area contributed by atoms with Gasteiger partial charge < -0.3 is 20.1 Å². The van der Waals surface area contributed by atoms with Gasteiger partial charge in [0.25, 0.3) is 0 Å². The third-order valence-corrected chi connectivity index (χ3v) is 5.10. The summed E-state index contributed by atoms with van der Waals surface area (Å²) in [4.78, 5) is 3.36. The van der Waals surface area contributed by atoms with Crippen LogP contribution in [-0.4, -0.2) is 36.4 Å². The molecule has 20 heavy (non-hydrogen) atoms. The van der Waals surface area contributed by atoms with Crippen molar-refractivity contribution in [2.75, 3.05) is 20.3 Å². The molecule has 2 aromatic rings. The minimum atomic E-state index is -0.319. The topological polar surface area (TPSA) is 57.3 Å². The predicted molar refractivity (Wildman–Crippen MR) is 77.7 cm³/mol. The van der Waals surface area contributed by atoms with E-state index in [1.807, 2.05) is 0 Å². The summed E-state index contributed by atoms with van der Waals surface area (Å²) >= 11 is 0. The molecule has 4 heteroatoms. The lowest BCUT2D eigenvalue weighted by molar-refractivity contribution is -0.0884. The number of hydrogen-bond acceptors (Lipinski definition) is 3. The second-order valence-corrected chi connectivity index (χ2v) is 6.05. The molecule has 106 valence electrons. The molecular formula is C16H20N2O2. The summed E-state index contributed by atoms with van der Waals surface area (Å²) in [6, 6.07) is 6.66. The second kappa shape index (κ2) is 4.32. The first-order chi connectivity index (χ1) is 9.78. The van der Waals surface area contributed by atoms with E-state index in [0.29, 0.717) is 0 Å². The Balaban J connectivity index is 1.94. The van der Waals surface area contributed by atoms with Crippen molar-refractivity contribution in [2.45, 2.75) is 24.5 Å². The molecule has 1 aliphatic carbocycles. The summed E-state index contributed by atoms with van der Waals surface area (Å²) < 4.78 is 6.04. The first kappa shape index (κ1) is 12.4. The maximum Gasteiger partial charge on any atom is 0.109 e. The SMILES string of the molecule is CO[C@]12C[C@@H](CO)CN[C@@H]1Cc1c[nH]c3cccc2c13. The number of piperidine rings is 1. The molecule has 0 unspecified atom stereocenters. The summed E-state index contributed by atoms with van der Waals surface area (Å²) in [5, 5.41) is 14.4. The fraction of sp³-hybridized carbons (Fsp3) is 0.500. The standard InChI is InChI=1S/C16H20N2O2/c1-20-16-6-10(9-19)7-18-14(16)5-11-8-17-13-4-2-3-12(16)15(11)13/h2-4,8,10,14,17-19H,5-7,9H2,1H3/t10-,14-,16+/m1/s1. The van der Waals surface area contributed by atoms with Crippen LogP contribution in [0.25, 0.3) is 10.9 Å². The van der Waals surface area contributed by atoms with Gasteiger partial charge in [-0.3, -0.25) is 0 Å². The lowest BCUT2D eigenvalue weighted by Gasteiger charge is -2.49. The van der Waals surface area contributed by atoms with Crippen molar-refractivity contribution in [3.8, 4) is 0 Å². The number of aliphatic hydroxyl groups is 1. The fourth-order valence-corrected chi connectivity index (χ4v) is 4.11. The molecule has 2 heterocycles. The van der Waals surface area contributed by atoms with Crippen molar-refractivity contribution >= 4 is 10.9 Å². The van der Waals surface area contributed by atoms with Crippen molar-refractivity contribution in [1.82, 2.24) is 10.3 Å². The first-order valence-electron chi connectivity index (χ1n) is 7.27. The number of hydrogen-bond donors (Lipinski definition) is 3. The van der Waals surface area contributed by atoms with Gasteiger partial charge in [-0.1, -0.05) is 12.1 Å². The average molecular weight is 272 g/mol. The number of aromatic nitrogens is 1. The van der Waals surface area contributed by atoms with Crippen LogP contribution in [-0.2, 0) is 16.8 Å². The normalized spacial score (nSPS) is 32.3. The lowest BCUT2D eigenvalue weighted by Crippen LogP contribution is -2.59. The summed E-state index contributed by atoms with van der Waals surface area (Å²) in [6.07, 6.45) is 3.97. The number of fused-ring (bicyclic) bond motifs is 2. The minimum Gasteiger partial charge on any atom is -0.396 e. The maximum atomic E-state index is 9.54. The number of H-pyrrole nitrogens is 1. The Labute approximate surface area is 118 Å². The molecule has 1 aromatic heterocycles. The highest BCUT2D eigenvalue weighted by molar-refractivity contribution is 5.88. The number of nitrogens with one attached hydrogen (secondary N) is 2. The summed E-state index contributed by atoms with van der Waals surface area (Å²) in [6.45, 7) is 1.07. The molecule has 1 fully saturated rings. The Bertz CT molecular complexity index is 651. The highest BCUT2D eigenvalue weighted by atomic mass is 16.5. The van der Waals surface area contributed by atoms with Gasteiger partial charge in [0.1, 0.15) is 5.60 Å². The van der Waals surface area contributed by atoms with Crippen LogP contribution < -0.4 is 5.32 Å². The molecule has 3 N–H and O–H groups in total. The van der Waals surface area contributed by atoms with Gasteiger partial charge in [0, 0.05) is 43.4 Å². The molecule has 3 atom stereocenters. The predicted octanol–water partition coefficient (Wildman–Crippen LogP) is 1.54. The Morgan fingerprint density at radius 3 is 3.15 bits per heavy atom. The van der Waals surface area contributed by atoms with E-state index >= 15 is 0 Å². The summed E-state index contributed by atoms with van der Waals surface area (Å²) in [7, 11) is 1.80. The third kappa shape index (κ3) is 1.47. The van der Waals surface area contributed by atoms with Crippen LogP contribution >= 0.6 is 0 Å². The molecule has 0 bridgehead atoms. The summed E-state index contributed by atoms with van der Waals surface area (Å²) in [5.41, 5.74) is 3.48. The van der Waals surface area contributed by atoms with Crippen LogP contribution in [0.3, 0.4) is 0 Å². The number of aliphatic hydroxyl groups excluding tert-OH is 1. The van der Waals surface area contributed by atoms with Gasteiger partial charge in [-0.25, -0.2) is 0 Å². The van der Waals surface area contributed by atoms with Gasteiger partial charge >= 0.3 is 0 Å². The molecule has 4 nitrogen and oxygen atoms in total. The smallest absolute Gasteiger partial charge is 0.109 e.